The molecule has 2 aromatic carbocycles. The highest BCUT2D eigenvalue weighted by Crippen LogP contribution is 2.24. The fourth-order valence-electron chi connectivity index (χ4n) is 2.18. The molecule has 0 aliphatic heterocycles. The average molecular weight is 299 g/mol. The SMILES string of the molecule is Cc1nnc(SCC(=O)O)n1-c1ccc2ccccc2c1. The third kappa shape index (κ3) is 2.75. The summed E-state index contributed by atoms with van der Waals surface area (Å²) in [4.78, 5) is 10.7. The number of aryl methyl sites for hydroxylation is 1. The quantitative estimate of drug-likeness (QED) is 0.750. The summed E-state index contributed by atoms with van der Waals surface area (Å²) in [7, 11) is 0. The van der Waals surface area contributed by atoms with Crippen LogP contribution in [0.2, 0.25) is 0 Å². The molecular formula is C15H13N3O2S. The number of carbonyl (C=O) groups is 1. The second kappa shape index (κ2) is 5.57. The van der Waals surface area contributed by atoms with E-state index < -0.39 is 5.97 Å². The van der Waals surface area contributed by atoms with Gasteiger partial charge in [-0.15, -0.1) is 10.2 Å². The van der Waals surface area contributed by atoms with Crippen molar-refractivity contribution in [2.45, 2.75) is 12.1 Å². The van der Waals surface area contributed by atoms with Gasteiger partial charge in [-0.1, -0.05) is 42.1 Å². The van der Waals surface area contributed by atoms with Crippen LogP contribution in [0.3, 0.4) is 0 Å². The summed E-state index contributed by atoms with van der Waals surface area (Å²) < 4.78 is 1.88. The van der Waals surface area contributed by atoms with Crippen LogP contribution in [0.4, 0.5) is 0 Å². The van der Waals surface area contributed by atoms with E-state index in [1.807, 2.05) is 41.8 Å². The van der Waals surface area contributed by atoms with Crippen molar-refractivity contribution in [1.29, 1.82) is 0 Å². The first-order valence-electron chi connectivity index (χ1n) is 6.41. The van der Waals surface area contributed by atoms with Crippen LogP contribution >= 0.6 is 11.8 Å². The van der Waals surface area contributed by atoms with Crippen LogP contribution in [-0.4, -0.2) is 31.6 Å². The van der Waals surface area contributed by atoms with Crippen molar-refractivity contribution >= 4 is 28.5 Å². The molecule has 0 aliphatic rings. The van der Waals surface area contributed by atoms with Crippen molar-refractivity contribution in [2.24, 2.45) is 0 Å². The Balaban J connectivity index is 2.05. The molecule has 0 fully saturated rings. The number of thioether (sulfide) groups is 1. The summed E-state index contributed by atoms with van der Waals surface area (Å²) in [6, 6.07) is 14.2. The lowest BCUT2D eigenvalue weighted by molar-refractivity contribution is -0.133. The zero-order chi connectivity index (χ0) is 14.8. The zero-order valence-electron chi connectivity index (χ0n) is 11.4. The molecule has 0 unspecified atom stereocenters. The molecule has 0 saturated heterocycles. The smallest absolute Gasteiger partial charge is 0.313 e. The second-order valence-corrected chi connectivity index (χ2v) is 5.52. The molecule has 1 N–H and O–H groups in total. The first-order chi connectivity index (χ1) is 10.1. The fourth-order valence-corrected chi connectivity index (χ4v) is 2.89. The van der Waals surface area contributed by atoms with Gasteiger partial charge in [0, 0.05) is 0 Å². The van der Waals surface area contributed by atoms with E-state index in [1.54, 1.807) is 0 Å². The number of carboxylic acids is 1. The molecule has 0 aliphatic carbocycles. The van der Waals surface area contributed by atoms with Crippen LogP contribution in [-0.2, 0) is 4.79 Å². The highest BCUT2D eigenvalue weighted by atomic mass is 32.2. The van der Waals surface area contributed by atoms with Crippen LogP contribution in [0.25, 0.3) is 16.5 Å². The lowest BCUT2D eigenvalue weighted by atomic mass is 10.1. The predicted octanol–water partition coefficient (Wildman–Crippen LogP) is 2.91. The Labute approximate surface area is 125 Å². The summed E-state index contributed by atoms with van der Waals surface area (Å²) >= 11 is 1.17. The molecule has 3 rings (SSSR count). The Kier molecular flexibility index (Phi) is 3.62. The molecule has 21 heavy (non-hydrogen) atoms. The molecular weight excluding hydrogens is 286 g/mol. The summed E-state index contributed by atoms with van der Waals surface area (Å²) in [5.41, 5.74) is 0.934. The van der Waals surface area contributed by atoms with E-state index in [0.717, 1.165) is 22.3 Å². The number of aliphatic carboxylic acids is 1. The molecule has 0 bridgehead atoms. The Hall–Kier alpha value is -2.34. The highest BCUT2D eigenvalue weighted by Gasteiger charge is 2.13. The van der Waals surface area contributed by atoms with Gasteiger partial charge in [0.05, 0.1) is 11.4 Å². The van der Waals surface area contributed by atoms with Crippen molar-refractivity contribution in [3.8, 4) is 5.69 Å². The number of fused-ring (bicyclic) bond motifs is 1. The normalized spacial score (nSPS) is 10.9. The molecule has 5 nitrogen and oxygen atoms in total. The van der Waals surface area contributed by atoms with Gasteiger partial charge < -0.3 is 5.11 Å². The van der Waals surface area contributed by atoms with Gasteiger partial charge in [-0.25, -0.2) is 0 Å². The molecule has 106 valence electrons. The molecule has 0 saturated carbocycles. The third-order valence-electron chi connectivity index (χ3n) is 3.11. The van der Waals surface area contributed by atoms with Crippen LogP contribution in [0.5, 0.6) is 0 Å². The van der Waals surface area contributed by atoms with E-state index in [-0.39, 0.29) is 5.75 Å². The van der Waals surface area contributed by atoms with Gasteiger partial charge in [-0.05, 0) is 29.8 Å². The number of nitrogens with zero attached hydrogens (tertiary/aromatic N) is 3. The van der Waals surface area contributed by atoms with Gasteiger partial charge in [0.15, 0.2) is 5.16 Å². The fraction of sp³-hybridized carbons (Fsp3) is 0.133. The maximum absolute atomic E-state index is 10.7. The monoisotopic (exact) mass is 299 g/mol. The first-order valence-corrected chi connectivity index (χ1v) is 7.39. The zero-order valence-corrected chi connectivity index (χ0v) is 12.2. The Bertz CT molecular complexity index is 814. The predicted molar refractivity (Wildman–Crippen MR) is 82.0 cm³/mol. The van der Waals surface area contributed by atoms with Gasteiger partial charge in [0.1, 0.15) is 5.82 Å². The summed E-state index contributed by atoms with van der Waals surface area (Å²) in [5.74, 6) is -0.171. The minimum Gasteiger partial charge on any atom is -0.481 e. The number of carboxylic acid groups (broad SMARTS) is 1. The van der Waals surface area contributed by atoms with Crippen LogP contribution in [0.1, 0.15) is 5.82 Å². The average Bonchev–Trinajstić information content (AvgIpc) is 2.85. The Morgan fingerprint density at radius 2 is 1.95 bits per heavy atom. The molecule has 6 heteroatoms. The van der Waals surface area contributed by atoms with Crippen molar-refractivity contribution in [3.63, 3.8) is 0 Å². The maximum atomic E-state index is 10.7. The van der Waals surface area contributed by atoms with E-state index >= 15 is 0 Å². The van der Waals surface area contributed by atoms with Crippen molar-refractivity contribution in [2.75, 3.05) is 5.75 Å². The molecule has 0 atom stereocenters. The van der Waals surface area contributed by atoms with Crippen molar-refractivity contribution in [1.82, 2.24) is 14.8 Å². The summed E-state index contributed by atoms with van der Waals surface area (Å²) in [6.45, 7) is 1.85. The van der Waals surface area contributed by atoms with E-state index in [0.29, 0.717) is 5.16 Å². The molecule has 3 aromatic rings. The standard InChI is InChI=1S/C15H13N3O2S/c1-10-16-17-15(21-9-14(19)20)18(10)13-7-6-11-4-2-3-5-12(11)8-13/h2-8H,9H2,1H3,(H,19,20). The molecule has 1 heterocycles. The van der Waals surface area contributed by atoms with Crippen LogP contribution in [0, 0.1) is 6.92 Å². The Morgan fingerprint density at radius 3 is 2.71 bits per heavy atom. The highest BCUT2D eigenvalue weighted by molar-refractivity contribution is 7.99. The molecule has 0 amide bonds. The minimum atomic E-state index is -0.870. The van der Waals surface area contributed by atoms with Gasteiger partial charge >= 0.3 is 5.97 Å². The van der Waals surface area contributed by atoms with E-state index in [9.17, 15) is 4.79 Å². The van der Waals surface area contributed by atoms with Gasteiger partial charge in [0.2, 0.25) is 0 Å². The van der Waals surface area contributed by atoms with E-state index in [2.05, 4.69) is 22.3 Å². The lowest BCUT2D eigenvalue weighted by Crippen LogP contribution is -2.03. The molecule has 1 aromatic heterocycles. The van der Waals surface area contributed by atoms with Crippen molar-refractivity contribution < 1.29 is 9.90 Å². The van der Waals surface area contributed by atoms with Gasteiger partial charge in [-0.3, -0.25) is 9.36 Å². The number of hydrogen-bond donors (Lipinski definition) is 1. The maximum Gasteiger partial charge on any atom is 0.313 e. The largest absolute Gasteiger partial charge is 0.481 e. The van der Waals surface area contributed by atoms with Gasteiger partial charge in [-0.2, -0.15) is 0 Å². The molecule has 0 radical (unpaired) electrons. The van der Waals surface area contributed by atoms with E-state index in [4.69, 9.17) is 5.11 Å². The topological polar surface area (TPSA) is 68.0 Å². The third-order valence-corrected chi connectivity index (χ3v) is 4.02. The summed E-state index contributed by atoms with van der Waals surface area (Å²) in [5, 5.41) is 19.8. The van der Waals surface area contributed by atoms with Crippen LogP contribution in [0.15, 0.2) is 47.6 Å². The number of benzene rings is 2. The minimum absolute atomic E-state index is 0.0360. The van der Waals surface area contributed by atoms with E-state index in [1.165, 1.54) is 11.8 Å². The lowest BCUT2D eigenvalue weighted by Gasteiger charge is -2.09. The first kappa shape index (κ1) is 13.6. The number of hydrogen-bond acceptors (Lipinski definition) is 4. The molecule has 0 spiro atoms. The summed E-state index contributed by atoms with van der Waals surface area (Å²) in [6.07, 6.45) is 0. The Morgan fingerprint density at radius 1 is 1.19 bits per heavy atom. The van der Waals surface area contributed by atoms with Crippen LogP contribution < -0.4 is 0 Å². The number of aromatic nitrogens is 3. The van der Waals surface area contributed by atoms with Gasteiger partial charge in [0.25, 0.3) is 0 Å². The van der Waals surface area contributed by atoms with Crippen molar-refractivity contribution in [3.05, 3.63) is 48.3 Å². The second-order valence-electron chi connectivity index (χ2n) is 4.58. The number of rotatable bonds is 4.